The van der Waals surface area contributed by atoms with Gasteiger partial charge in [0.1, 0.15) is 0 Å². The van der Waals surface area contributed by atoms with Crippen molar-refractivity contribution in [2.24, 2.45) is 0 Å². The van der Waals surface area contributed by atoms with Crippen LogP contribution in [0.25, 0.3) is 0 Å². The first-order valence-electron chi connectivity index (χ1n) is 6.70. The minimum atomic E-state index is -0.368. The molecule has 1 saturated carbocycles. The molecule has 0 spiro atoms. The van der Waals surface area contributed by atoms with Crippen molar-refractivity contribution in [2.75, 3.05) is 11.9 Å². The van der Waals surface area contributed by atoms with E-state index in [1.807, 2.05) is 6.07 Å². The molecule has 1 aromatic rings. The van der Waals surface area contributed by atoms with E-state index < -0.39 is 0 Å². The molecular weight excluding hydrogens is 244 g/mol. The van der Waals surface area contributed by atoms with Crippen molar-refractivity contribution in [3.8, 4) is 0 Å². The van der Waals surface area contributed by atoms with Crippen molar-refractivity contribution in [2.45, 2.75) is 44.6 Å². The van der Waals surface area contributed by atoms with Gasteiger partial charge in [0.2, 0.25) is 0 Å². The topological polar surface area (TPSA) is 75.4 Å². The lowest BCUT2D eigenvalue weighted by Crippen LogP contribution is -2.43. The summed E-state index contributed by atoms with van der Waals surface area (Å²) in [5.41, 5.74) is 1.17. The smallest absolute Gasteiger partial charge is 0.274 e. The Morgan fingerprint density at radius 3 is 2.63 bits per heavy atom. The predicted molar refractivity (Wildman–Crippen MR) is 74.4 cm³/mol. The molecule has 5 nitrogen and oxygen atoms in total. The quantitative estimate of drug-likeness (QED) is 0.647. The molecule has 2 N–H and O–H groups in total. The molecule has 1 aliphatic carbocycles. The van der Waals surface area contributed by atoms with Crippen LogP contribution in [0.5, 0.6) is 0 Å². The highest BCUT2D eigenvalue weighted by molar-refractivity contribution is 5.56. The molecule has 19 heavy (non-hydrogen) atoms. The van der Waals surface area contributed by atoms with Gasteiger partial charge in [-0.2, -0.15) is 0 Å². The third-order valence-electron chi connectivity index (χ3n) is 3.93. The maximum Gasteiger partial charge on any atom is 0.274 e. The monoisotopic (exact) mass is 264 g/mol. The fraction of sp³-hybridized carbons (Fsp3) is 0.571. The first-order chi connectivity index (χ1) is 9.06. The number of anilines is 1. The standard InChI is InChI=1S/C14H20N2O3/c1-11-5-6-12(9-13(11)16(18)19)15-14(10-17)7-3-2-4-8-14/h5-6,9,15,17H,2-4,7-8,10H2,1H3. The fourth-order valence-electron chi connectivity index (χ4n) is 2.74. The highest BCUT2D eigenvalue weighted by atomic mass is 16.6. The Balaban J connectivity index is 2.22. The number of rotatable bonds is 4. The van der Waals surface area contributed by atoms with Crippen LogP contribution in [-0.4, -0.2) is 22.2 Å². The Morgan fingerprint density at radius 1 is 1.37 bits per heavy atom. The Hall–Kier alpha value is -1.62. The van der Waals surface area contributed by atoms with Gasteiger partial charge in [-0.05, 0) is 25.8 Å². The van der Waals surface area contributed by atoms with Gasteiger partial charge in [-0.15, -0.1) is 0 Å². The van der Waals surface area contributed by atoms with Crippen molar-refractivity contribution in [1.29, 1.82) is 0 Å². The molecule has 2 rings (SSSR count). The van der Waals surface area contributed by atoms with Crippen molar-refractivity contribution in [1.82, 2.24) is 0 Å². The maximum atomic E-state index is 10.9. The first-order valence-corrected chi connectivity index (χ1v) is 6.70. The number of hydrogen-bond donors (Lipinski definition) is 2. The molecule has 0 aromatic heterocycles. The Labute approximate surface area is 112 Å². The van der Waals surface area contributed by atoms with Gasteiger partial charge < -0.3 is 10.4 Å². The summed E-state index contributed by atoms with van der Waals surface area (Å²) in [6, 6.07) is 5.14. The van der Waals surface area contributed by atoms with E-state index >= 15 is 0 Å². The SMILES string of the molecule is Cc1ccc(NC2(CO)CCCCC2)cc1[N+](=O)[O-]. The zero-order valence-electron chi connectivity index (χ0n) is 11.2. The molecule has 1 aliphatic rings. The summed E-state index contributed by atoms with van der Waals surface area (Å²) in [4.78, 5) is 10.6. The van der Waals surface area contributed by atoms with Gasteiger partial charge in [-0.1, -0.05) is 25.3 Å². The number of aryl methyl sites for hydroxylation is 1. The third kappa shape index (κ3) is 3.04. The maximum absolute atomic E-state index is 10.9. The number of hydrogen-bond acceptors (Lipinski definition) is 4. The van der Waals surface area contributed by atoms with Crippen molar-refractivity contribution < 1.29 is 10.0 Å². The number of nitrogens with one attached hydrogen (secondary N) is 1. The van der Waals surface area contributed by atoms with E-state index in [0.717, 1.165) is 25.7 Å². The van der Waals surface area contributed by atoms with E-state index in [4.69, 9.17) is 0 Å². The van der Waals surface area contributed by atoms with E-state index in [9.17, 15) is 15.2 Å². The van der Waals surface area contributed by atoms with E-state index in [-0.39, 0.29) is 22.8 Å². The molecule has 0 unspecified atom stereocenters. The average Bonchev–Trinajstić information content (AvgIpc) is 2.42. The van der Waals surface area contributed by atoms with Crippen molar-refractivity contribution in [3.63, 3.8) is 0 Å². The van der Waals surface area contributed by atoms with E-state index in [0.29, 0.717) is 11.3 Å². The molecule has 0 atom stereocenters. The molecule has 1 fully saturated rings. The Morgan fingerprint density at radius 2 is 2.05 bits per heavy atom. The minimum Gasteiger partial charge on any atom is -0.394 e. The number of nitro benzene ring substituents is 1. The number of aliphatic hydroxyl groups excluding tert-OH is 1. The van der Waals surface area contributed by atoms with Gasteiger partial charge in [-0.25, -0.2) is 0 Å². The molecule has 0 radical (unpaired) electrons. The van der Waals surface area contributed by atoms with Crippen molar-refractivity contribution >= 4 is 11.4 Å². The van der Waals surface area contributed by atoms with E-state index in [2.05, 4.69) is 5.32 Å². The molecule has 0 aliphatic heterocycles. The number of nitro groups is 1. The molecule has 104 valence electrons. The zero-order valence-corrected chi connectivity index (χ0v) is 11.2. The number of aliphatic hydroxyl groups is 1. The van der Waals surface area contributed by atoms with Crippen LogP contribution in [-0.2, 0) is 0 Å². The fourth-order valence-corrected chi connectivity index (χ4v) is 2.74. The zero-order chi connectivity index (χ0) is 13.9. The molecule has 0 heterocycles. The summed E-state index contributed by atoms with van der Waals surface area (Å²) >= 11 is 0. The Kier molecular flexibility index (Phi) is 4.04. The highest BCUT2D eigenvalue weighted by Gasteiger charge is 2.31. The van der Waals surface area contributed by atoms with Crippen molar-refractivity contribution in [3.05, 3.63) is 33.9 Å². The van der Waals surface area contributed by atoms with Crippen LogP contribution < -0.4 is 5.32 Å². The van der Waals surface area contributed by atoms with Gasteiger partial charge in [0.15, 0.2) is 0 Å². The second-order valence-electron chi connectivity index (χ2n) is 5.38. The molecule has 0 bridgehead atoms. The van der Waals surface area contributed by atoms with Crippen LogP contribution in [0.4, 0.5) is 11.4 Å². The second kappa shape index (κ2) is 5.57. The van der Waals surface area contributed by atoms with E-state index in [1.165, 1.54) is 6.42 Å². The minimum absolute atomic E-state index is 0.0642. The van der Waals surface area contributed by atoms with E-state index in [1.54, 1.807) is 19.1 Å². The highest BCUT2D eigenvalue weighted by Crippen LogP contribution is 2.32. The normalized spacial score (nSPS) is 18.0. The van der Waals surface area contributed by atoms with Gasteiger partial charge in [0.05, 0.1) is 17.1 Å². The van der Waals surface area contributed by atoms with Crippen LogP contribution in [0, 0.1) is 17.0 Å². The molecule has 1 aromatic carbocycles. The Bertz CT molecular complexity index is 468. The lowest BCUT2D eigenvalue weighted by molar-refractivity contribution is -0.385. The first kappa shape index (κ1) is 13.8. The lowest BCUT2D eigenvalue weighted by Gasteiger charge is -2.37. The summed E-state index contributed by atoms with van der Waals surface area (Å²) in [5.74, 6) is 0. The molecule has 0 amide bonds. The summed E-state index contributed by atoms with van der Waals surface area (Å²) in [6.45, 7) is 1.79. The van der Waals surface area contributed by atoms with Crippen LogP contribution >= 0.6 is 0 Å². The largest absolute Gasteiger partial charge is 0.394 e. The van der Waals surface area contributed by atoms with Gasteiger partial charge in [-0.3, -0.25) is 10.1 Å². The molecular formula is C14H20N2O3. The predicted octanol–water partition coefficient (Wildman–Crippen LogP) is 3.01. The van der Waals surface area contributed by atoms with Crippen LogP contribution in [0.3, 0.4) is 0 Å². The summed E-state index contributed by atoms with van der Waals surface area (Å²) < 4.78 is 0. The third-order valence-corrected chi connectivity index (χ3v) is 3.93. The number of benzene rings is 1. The summed E-state index contributed by atoms with van der Waals surface area (Å²) in [5, 5.41) is 23.9. The second-order valence-corrected chi connectivity index (χ2v) is 5.38. The van der Waals surface area contributed by atoms with Gasteiger partial charge in [0, 0.05) is 17.3 Å². The molecule has 5 heteroatoms. The number of nitrogens with zero attached hydrogens (tertiary/aromatic N) is 1. The van der Waals surface area contributed by atoms with Crippen LogP contribution in [0.1, 0.15) is 37.7 Å². The average molecular weight is 264 g/mol. The molecule has 0 saturated heterocycles. The van der Waals surface area contributed by atoms with Crippen LogP contribution in [0.15, 0.2) is 18.2 Å². The summed E-state index contributed by atoms with van der Waals surface area (Å²) in [7, 11) is 0. The lowest BCUT2D eigenvalue weighted by atomic mass is 9.82. The summed E-state index contributed by atoms with van der Waals surface area (Å²) in [6.07, 6.45) is 5.18. The van der Waals surface area contributed by atoms with Gasteiger partial charge in [0.25, 0.3) is 5.69 Å². The van der Waals surface area contributed by atoms with Gasteiger partial charge >= 0.3 is 0 Å². The van der Waals surface area contributed by atoms with Crippen LogP contribution in [0.2, 0.25) is 0 Å².